The van der Waals surface area contributed by atoms with E-state index in [1.807, 2.05) is 25.5 Å². The molecular weight excluding hydrogens is 608 g/mol. The number of carbonyl (C=O) groups excluding carboxylic acids is 1. The molecule has 1 saturated heterocycles. The number of hydrogen-bond acceptors (Lipinski definition) is 7. The predicted octanol–water partition coefficient (Wildman–Crippen LogP) is 6.24. The molecule has 0 aliphatic carbocycles. The first-order chi connectivity index (χ1) is 20.3. The molecule has 3 aromatic heterocycles. The third-order valence-corrected chi connectivity index (χ3v) is 9.03. The molecule has 0 bridgehead atoms. The standard InChI is InChI=1S/C30H41F2N7O3Si.ClH/c1-30(2,3)36-28(40)22-17-38(18-41-13-14-43(4,5)6)27-26(22)35-23(16-34-27)25-21-15-20(42-29(31)32)7-8-24(21)39(37-25)19-9-11-33-12-10-19;/h7-8,15-17,19,29,33H,9-14,18H2,1-6H3,(H,36,40);1H. The number of ether oxygens (including phenoxy) is 2. The van der Waals surface area contributed by atoms with E-state index < -0.39 is 20.2 Å². The van der Waals surface area contributed by atoms with Crippen molar-refractivity contribution >= 4 is 48.5 Å². The molecule has 1 aliphatic rings. The molecule has 0 atom stereocenters. The molecule has 1 aliphatic heterocycles. The summed E-state index contributed by atoms with van der Waals surface area (Å²) >= 11 is 0. The van der Waals surface area contributed by atoms with E-state index >= 15 is 0 Å². The van der Waals surface area contributed by atoms with Gasteiger partial charge >= 0.3 is 6.61 Å². The van der Waals surface area contributed by atoms with Crippen LogP contribution in [0.1, 0.15) is 50.0 Å². The number of piperidine rings is 1. The van der Waals surface area contributed by atoms with Crippen molar-refractivity contribution in [2.75, 3.05) is 19.7 Å². The lowest BCUT2D eigenvalue weighted by Crippen LogP contribution is -2.40. The van der Waals surface area contributed by atoms with Gasteiger partial charge in [-0.25, -0.2) is 9.97 Å². The van der Waals surface area contributed by atoms with Gasteiger partial charge in [0.15, 0.2) is 5.65 Å². The van der Waals surface area contributed by atoms with E-state index in [0.717, 1.165) is 37.5 Å². The number of aromatic nitrogens is 5. The fourth-order valence-corrected chi connectivity index (χ4v) is 5.95. The van der Waals surface area contributed by atoms with Crippen molar-refractivity contribution in [1.29, 1.82) is 0 Å². The van der Waals surface area contributed by atoms with Crippen LogP contribution in [0.2, 0.25) is 25.7 Å². The Balaban J connectivity index is 0.00000442. The predicted molar refractivity (Wildman–Crippen MR) is 173 cm³/mol. The van der Waals surface area contributed by atoms with Gasteiger partial charge in [0.25, 0.3) is 5.91 Å². The zero-order valence-corrected chi connectivity index (χ0v) is 27.9. The SMILES string of the molecule is CC(C)(C)NC(=O)c1cn(COCC[Si](C)(C)C)c2ncc(-c3nn(C4CCNCC4)c4ccc(OC(F)F)cc34)nc12.Cl. The van der Waals surface area contributed by atoms with Crippen LogP contribution in [0.4, 0.5) is 8.78 Å². The second kappa shape index (κ2) is 13.5. The maximum absolute atomic E-state index is 13.4. The van der Waals surface area contributed by atoms with Gasteiger partial charge in [-0.05, 0) is 70.9 Å². The van der Waals surface area contributed by atoms with E-state index in [-0.39, 0.29) is 36.8 Å². The number of nitrogens with one attached hydrogen (secondary N) is 2. The number of alkyl halides is 2. The minimum atomic E-state index is -2.95. The molecule has 1 aromatic carbocycles. The van der Waals surface area contributed by atoms with E-state index in [0.29, 0.717) is 40.1 Å². The lowest BCUT2D eigenvalue weighted by Gasteiger charge is -2.23. The number of carbonyl (C=O) groups is 1. The summed E-state index contributed by atoms with van der Waals surface area (Å²) in [6.07, 6.45) is 5.10. The second-order valence-corrected chi connectivity index (χ2v) is 18.9. The zero-order chi connectivity index (χ0) is 30.9. The summed E-state index contributed by atoms with van der Waals surface area (Å²) in [5.41, 5.74) is 2.55. The van der Waals surface area contributed by atoms with Crippen LogP contribution in [0.5, 0.6) is 5.75 Å². The van der Waals surface area contributed by atoms with Crippen molar-refractivity contribution in [3.8, 4) is 17.1 Å². The van der Waals surface area contributed by atoms with E-state index in [1.54, 1.807) is 29.1 Å². The Labute approximate surface area is 263 Å². The van der Waals surface area contributed by atoms with Crippen LogP contribution in [0.15, 0.2) is 30.6 Å². The van der Waals surface area contributed by atoms with Crippen LogP contribution in [0.3, 0.4) is 0 Å². The third kappa shape index (κ3) is 7.92. The number of benzene rings is 1. The molecular formula is C30H42ClF2N7O3Si. The van der Waals surface area contributed by atoms with Crippen LogP contribution in [0.25, 0.3) is 33.5 Å². The van der Waals surface area contributed by atoms with E-state index in [1.165, 1.54) is 6.07 Å². The lowest BCUT2D eigenvalue weighted by atomic mass is 10.1. The van der Waals surface area contributed by atoms with Crippen LogP contribution in [0, 0.1) is 0 Å². The highest BCUT2D eigenvalue weighted by Crippen LogP contribution is 2.35. The number of rotatable bonds is 10. The summed E-state index contributed by atoms with van der Waals surface area (Å²) in [6.45, 7) is 12.3. The quantitative estimate of drug-likeness (QED) is 0.155. The molecule has 0 spiro atoms. The van der Waals surface area contributed by atoms with Gasteiger partial charge < -0.3 is 24.7 Å². The fourth-order valence-electron chi connectivity index (χ4n) is 5.19. The summed E-state index contributed by atoms with van der Waals surface area (Å²) in [7, 11) is -1.27. The molecule has 240 valence electrons. The first-order valence-electron chi connectivity index (χ1n) is 14.7. The number of halogens is 3. The fraction of sp³-hybridized carbons (Fsp3) is 0.533. The zero-order valence-electron chi connectivity index (χ0n) is 26.1. The summed E-state index contributed by atoms with van der Waals surface area (Å²) < 4.78 is 40.7. The Bertz CT molecular complexity index is 1610. The average Bonchev–Trinajstić information content (AvgIpc) is 3.48. The molecule has 14 heteroatoms. The van der Waals surface area contributed by atoms with Crippen molar-refractivity contribution in [1.82, 2.24) is 34.9 Å². The van der Waals surface area contributed by atoms with Crippen LogP contribution in [-0.4, -0.2) is 70.1 Å². The maximum Gasteiger partial charge on any atom is 0.387 e. The van der Waals surface area contributed by atoms with Crippen molar-refractivity contribution in [3.63, 3.8) is 0 Å². The summed E-state index contributed by atoms with van der Waals surface area (Å²) in [5.74, 6) is -0.239. The van der Waals surface area contributed by atoms with Crippen LogP contribution < -0.4 is 15.4 Å². The summed E-state index contributed by atoms with van der Waals surface area (Å²) in [4.78, 5) is 23.1. The highest BCUT2D eigenvalue weighted by molar-refractivity contribution is 6.76. The van der Waals surface area contributed by atoms with E-state index in [2.05, 4.69) is 30.3 Å². The minimum absolute atomic E-state index is 0. The second-order valence-electron chi connectivity index (χ2n) is 13.3. The van der Waals surface area contributed by atoms with Gasteiger partial charge in [0, 0.05) is 31.8 Å². The molecule has 0 saturated carbocycles. The molecule has 10 nitrogen and oxygen atoms in total. The number of hydrogen-bond donors (Lipinski definition) is 2. The van der Waals surface area contributed by atoms with Crippen molar-refractivity contribution in [3.05, 3.63) is 36.2 Å². The highest BCUT2D eigenvalue weighted by Gasteiger charge is 2.26. The normalized spacial score (nSPS) is 14.8. The Morgan fingerprint density at radius 2 is 1.93 bits per heavy atom. The molecule has 1 fully saturated rings. The molecule has 5 rings (SSSR count). The number of nitrogens with zero attached hydrogens (tertiary/aromatic N) is 5. The Hall–Kier alpha value is -3.13. The molecule has 0 unspecified atom stereocenters. The molecule has 44 heavy (non-hydrogen) atoms. The van der Waals surface area contributed by atoms with Crippen molar-refractivity contribution in [2.24, 2.45) is 0 Å². The van der Waals surface area contributed by atoms with Gasteiger partial charge in [0.2, 0.25) is 0 Å². The molecule has 4 aromatic rings. The van der Waals surface area contributed by atoms with Gasteiger partial charge in [0.1, 0.15) is 29.4 Å². The smallest absolute Gasteiger partial charge is 0.387 e. The molecule has 2 N–H and O–H groups in total. The van der Waals surface area contributed by atoms with Gasteiger partial charge in [-0.15, -0.1) is 12.4 Å². The number of fused-ring (bicyclic) bond motifs is 2. The number of amides is 1. The van der Waals surface area contributed by atoms with Crippen LogP contribution in [-0.2, 0) is 11.5 Å². The van der Waals surface area contributed by atoms with Gasteiger partial charge in [-0.1, -0.05) is 19.6 Å². The Morgan fingerprint density at radius 3 is 2.59 bits per heavy atom. The maximum atomic E-state index is 13.4. The Kier molecular flexibility index (Phi) is 10.3. The van der Waals surface area contributed by atoms with Gasteiger partial charge in [-0.3, -0.25) is 9.48 Å². The Morgan fingerprint density at radius 1 is 1.20 bits per heavy atom. The summed E-state index contributed by atoms with van der Waals surface area (Å²) in [6, 6.07) is 6.01. The highest BCUT2D eigenvalue weighted by atomic mass is 35.5. The first kappa shape index (κ1) is 33.8. The lowest BCUT2D eigenvalue weighted by molar-refractivity contribution is -0.0497. The van der Waals surface area contributed by atoms with Crippen LogP contribution >= 0.6 is 12.4 Å². The monoisotopic (exact) mass is 649 g/mol. The largest absolute Gasteiger partial charge is 0.435 e. The molecule has 1 amide bonds. The molecule has 0 radical (unpaired) electrons. The average molecular weight is 650 g/mol. The third-order valence-electron chi connectivity index (χ3n) is 7.33. The first-order valence-corrected chi connectivity index (χ1v) is 18.4. The van der Waals surface area contributed by atoms with E-state index in [4.69, 9.17) is 24.5 Å². The summed E-state index contributed by atoms with van der Waals surface area (Å²) in [5, 5.41) is 12.0. The van der Waals surface area contributed by atoms with Crippen molar-refractivity contribution < 1.29 is 23.0 Å². The minimum Gasteiger partial charge on any atom is -0.435 e. The molecule has 4 heterocycles. The van der Waals surface area contributed by atoms with E-state index in [9.17, 15) is 13.6 Å². The topological polar surface area (TPSA) is 108 Å². The van der Waals surface area contributed by atoms with Crippen molar-refractivity contribution in [2.45, 2.75) is 84.2 Å². The van der Waals surface area contributed by atoms with Gasteiger partial charge in [0.05, 0.1) is 23.3 Å². The van der Waals surface area contributed by atoms with Gasteiger partial charge in [-0.2, -0.15) is 13.9 Å².